The Kier molecular flexibility index (Phi) is 5.80. The van der Waals surface area contributed by atoms with Crippen LogP contribution in [0.2, 0.25) is 0 Å². The van der Waals surface area contributed by atoms with E-state index in [2.05, 4.69) is 27.9 Å². The number of carbonyl (C=O) groups is 1. The lowest BCUT2D eigenvalue weighted by molar-refractivity contribution is -0.122. The fourth-order valence-electron chi connectivity index (χ4n) is 1.66. The SMILES string of the molecule is CCCNc1cc(NC(C)C(=O)NC(C)(C)C)ccn1. The summed E-state index contributed by atoms with van der Waals surface area (Å²) in [6, 6.07) is 3.48. The minimum atomic E-state index is -0.296. The van der Waals surface area contributed by atoms with Crippen molar-refractivity contribution < 1.29 is 4.79 Å². The monoisotopic (exact) mass is 278 g/mol. The first-order valence-electron chi connectivity index (χ1n) is 7.10. The van der Waals surface area contributed by atoms with Crippen molar-refractivity contribution in [3.8, 4) is 0 Å². The van der Waals surface area contributed by atoms with Crippen molar-refractivity contribution in [1.82, 2.24) is 10.3 Å². The molecule has 3 N–H and O–H groups in total. The van der Waals surface area contributed by atoms with E-state index in [1.165, 1.54) is 0 Å². The van der Waals surface area contributed by atoms with Crippen LogP contribution < -0.4 is 16.0 Å². The second kappa shape index (κ2) is 7.12. The summed E-state index contributed by atoms with van der Waals surface area (Å²) in [6.07, 6.45) is 2.78. The fourth-order valence-corrected chi connectivity index (χ4v) is 1.66. The smallest absolute Gasteiger partial charge is 0.242 e. The van der Waals surface area contributed by atoms with Gasteiger partial charge >= 0.3 is 0 Å². The molecule has 0 aliphatic rings. The molecule has 1 atom stereocenters. The van der Waals surface area contributed by atoms with Gasteiger partial charge in [-0.05, 0) is 40.2 Å². The summed E-state index contributed by atoms with van der Waals surface area (Å²) in [5, 5.41) is 9.37. The molecule has 1 unspecified atom stereocenters. The van der Waals surface area contributed by atoms with Gasteiger partial charge in [0, 0.05) is 30.0 Å². The topological polar surface area (TPSA) is 66.0 Å². The number of carbonyl (C=O) groups excluding carboxylic acids is 1. The molecule has 0 bridgehead atoms. The molecule has 5 heteroatoms. The molecule has 1 aromatic rings. The Labute approximate surface area is 121 Å². The summed E-state index contributed by atoms with van der Waals surface area (Å²) in [6.45, 7) is 10.7. The van der Waals surface area contributed by atoms with E-state index in [4.69, 9.17) is 0 Å². The van der Waals surface area contributed by atoms with Crippen LogP contribution in [0, 0.1) is 0 Å². The highest BCUT2D eigenvalue weighted by Crippen LogP contribution is 2.13. The Morgan fingerprint density at radius 2 is 2.10 bits per heavy atom. The summed E-state index contributed by atoms with van der Waals surface area (Å²) < 4.78 is 0. The maximum Gasteiger partial charge on any atom is 0.242 e. The number of nitrogens with zero attached hydrogens (tertiary/aromatic N) is 1. The third kappa shape index (κ3) is 5.91. The molecule has 112 valence electrons. The minimum Gasteiger partial charge on any atom is -0.374 e. The lowest BCUT2D eigenvalue weighted by Crippen LogP contribution is -2.47. The summed E-state index contributed by atoms with van der Waals surface area (Å²) >= 11 is 0. The van der Waals surface area contributed by atoms with Crippen LogP contribution in [0.5, 0.6) is 0 Å². The van der Waals surface area contributed by atoms with E-state index in [9.17, 15) is 4.79 Å². The molecule has 0 spiro atoms. The molecule has 1 rings (SSSR count). The lowest BCUT2D eigenvalue weighted by atomic mass is 10.1. The predicted octanol–water partition coefficient (Wildman–Crippen LogP) is 2.62. The van der Waals surface area contributed by atoms with Crippen molar-refractivity contribution in [2.45, 2.75) is 52.6 Å². The van der Waals surface area contributed by atoms with Crippen molar-refractivity contribution in [2.75, 3.05) is 17.2 Å². The van der Waals surface area contributed by atoms with Crippen molar-refractivity contribution in [3.05, 3.63) is 18.3 Å². The van der Waals surface area contributed by atoms with Gasteiger partial charge in [-0.15, -0.1) is 0 Å². The molecule has 1 aromatic heterocycles. The Morgan fingerprint density at radius 3 is 2.70 bits per heavy atom. The zero-order valence-corrected chi connectivity index (χ0v) is 13.1. The lowest BCUT2D eigenvalue weighted by Gasteiger charge is -2.24. The molecule has 0 fully saturated rings. The highest BCUT2D eigenvalue weighted by molar-refractivity contribution is 5.84. The molecule has 5 nitrogen and oxygen atoms in total. The molecule has 0 aromatic carbocycles. The van der Waals surface area contributed by atoms with Crippen molar-refractivity contribution in [1.29, 1.82) is 0 Å². The van der Waals surface area contributed by atoms with Gasteiger partial charge in [0.15, 0.2) is 0 Å². The molecule has 1 heterocycles. The van der Waals surface area contributed by atoms with Gasteiger partial charge in [-0.3, -0.25) is 4.79 Å². The second-order valence-corrected chi connectivity index (χ2v) is 5.96. The van der Waals surface area contributed by atoms with Crippen molar-refractivity contribution in [2.24, 2.45) is 0 Å². The van der Waals surface area contributed by atoms with E-state index >= 15 is 0 Å². The number of hydrogen-bond acceptors (Lipinski definition) is 4. The van der Waals surface area contributed by atoms with E-state index in [0.717, 1.165) is 24.5 Å². The minimum absolute atomic E-state index is 0.0163. The second-order valence-electron chi connectivity index (χ2n) is 5.96. The number of pyridine rings is 1. The highest BCUT2D eigenvalue weighted by Gasteiger charge is 2.19. The predicted molar refractivity (Wildman–Crippen MR) is 84.0 cm³/mol. The van der Waals surface area contributed by atoms with Gasteiger partial charge in [0.05, 0.1) is 0 Å². The van der Waals surface area contributed by atoms with E-state index in [1.54, 1.807) is 6.20 Å². The number of hydrogen-bond donors (Lipinski definition) is 3. The Hall–Kier alpha value is -1.78. The number of amides is 1. The first kappa shape index (κ1) is 16.3. The van der Waals surface area contributed by atoms with Crippen LogP contribution in [-0.2, 0) is 4.79 Å². The standard InChI is InChI=1S/C15H26N4O/c1-6-8-16-13-10-12(7-9-17-13)18-11(2)14(20)19-15(3,4)5/h7,9-11H,6,8H2,1-5H3,(H,19,20)(H2,16,17,18). The summed E-state index contributed by atoms with van der Waals surface area (Å²) in [7, 11) is 0. The number of nitrogens with one attached hydrogen (secondary N) is 3. The van der Waals surface area contributed by atoms with Gasteiger partial charge in [-0.1, -0.05) is 6.92 Å². The van der Waals surface area contributed by atoms with Gasteiger partial charge in [0.1, 0.15) is 11.9 Å². The van der Waals surface area contributed by atoms with Gasteiger partial charge < -0.3 is 16.0 Å². The molecular formula is C15H26N4O. The van der Waals surface area contributed by atoms with Crippen LogP contribution in [0.1, 0.15) is 41.0 Å². The summed E-state index contributed by atoms with van der Waals surface area (Å²) in [4.78, 5) is 16.3. The number of rotatable bonds is 6. The average Bonchev–Trinajstić information content (AvgIpc) is 2.34. The van der Waals surface area contributed by atoms with E-state index < -0.39 is 0 Å². The third-order valence-electron chi connectivity index (χ3n) is 2.59. The molecule has 1 amide bonds. The summed E-state index contributed by atoms with van der Waals surface area (Å²) in [5.41, 5.74) is 0.661. The van der Waals surface area contributed by atoms with Gasteiger partial charge in [-0.25, -0.2) is 4.98 Å². The largest absolute Gasteiger partial charge is 0.374 e. The highest BCUT2D eigenvalue weighted by atomic mass is 16.2. The average molecular weight is 278 g/mol. The maximum absolute atomic E-state index is 12.0. The van der Waals surface area contributed by atoms with Crippen molar-refractivity contribution >= 4 is 17.4 Å². The first-order valence-corrected chi connectivity index (χ1v) is 7.10. The number of anilines is 2. The Balaban J connectivity index is 2.61. The van der Waals surface area contributed by atoms with Gasteiger partial charge in [-0.2, -0.15) is 0 Å². The van der Waals surface area contributed by atoms with Gasteiger partial charge in [0.25, 0.3) is 0 Å². The molecule has 0 radical (unpaired) electrons. The van der Waals surface area contributed by atoms with Crippen LogP contribution in [0.3, 0.4) is 0 Å². The van der Waals surface area contributed by atoms with Gasteiger partial charge in [0.2, 0.25) is 5.91 Å². The molecule has 0 aliphatic carbocycles. The van der Waals surface area contributed by atoms with Crippen LogP contribution in [0.4, 0.5) is 11.5 Å². The van der Waals surface area contributed by atoms with Crippen LogP contribution in [0.25, 0.3) is 0 Å². The molecular weight excluding hydrogens is 252 g/mol. The first-order chi connectivity index (χ1) is 9.31. The maximum atomic E-state index is 12.0. The fraction of sp³-hybridized carbons (Fsp3) is 0.600. The Morgan fingerprint density at radius 1 is 1.40 bits per heavy atom. The quantitative estimate of drug-likeness (QED) is 0.748. The molecule has 0 saturated heterocycles. The van der Waals surface area contributed by atoms with Crippen LogP contribution in [-0.4, -0.2) is 29.0 Å². The number of aromatic nitrogens is 1. The normalized spacial score (nSPS) is 12.7. The molecule has 20 heavy (non-hydrogen) atoms. The Bertz CT molecular complexity index is 440. The zero-order valence-electron chi connectivity index (χ0n) is 13.1. The van der Waals surface area contributed by atoms with Crippen LogP contribution >= 0.6 is 0 Å². The van der Waals surface area contributed by atoms with E-state index in [0.29, 0.717) is 0 Å². The summed E-state index contributed by atoms with van der Waals surface area (Å²) in [5.74, 6) is 0.803. The van der Waals surface area contributed by atoms with E-state index in [1.807, 2.05) is 39.8 Å². The molecule has 0 aliphatic heterocycles. The van der Waals surface area contributed by atoms with Crippen LogP contribution in [0.15, 0.2) is 18.3 Å². The zero-order chi connectivity index (χ0) is 15.2. The molecule has 0 saturated carbocycles. The van der Waals surface area contributed by atoms with E-state index in [-0.39, 0.29) is 17.5 Å². The third-order valence-corrected chi connectivity index (χ3v) is 2.59. The van der Waals surface area contributed by atoms with Crippen molar-refractivity contribution in [3.63, 3.8) is 0 Å².